The van der Waals surface area contributed by atoms with E-state index in [1.165, 1.54) is 5.56 Å². The van der Waals surface area contributed by atoms with Gasteiger partial charge in [-0.25, -0.2) is 4.98 Å². The molecule has 1 aromatic heterocycles. The summed E-state index contributed by atoms with van der Waals surface area (Å²) in [5, 5.41) is 9.08. The van der Waals surface area contributed by atoms with Crippen molar-refractivity contribution in [2.75, 3.05) is 0 Å². The van der Waals surface area contributed by atoms with Crippen molar-refractivity contribution in [3.8, 4) is 11.6 Å². The molecule has 1 N–H and O–H groups in total. The fourth-order valence-electron chi connectivity index (χ4n) is 1.70. The third-order valence-corrected chi connectivity index (χ3v) is 2.89. The molecule has 0 aliphatic rings. The first-order chi connectivity index (χ1) is 8.72. The first-order valence-corrected chi connectivity index (χ1v) is 6.07. The average molecular weight is 243 g/mol. The molecule has 0 aliphatic heterocycles. The Morgan fingerprint density at radius 2 is 1.83 bits per heavy atom. The highest BCUT2D eigenvalue weighted by molar-refractivity contribution is 5.32. The summed E-state index contributed by atoms with van der Waals surface area (Å²) < 4.78 is 5.67. The van der Waals surface area contributed by atoms with Crippen LogP contribution in [0.2, 0.25) is 0 Å². The second-order valence-electron chi connectivity index (χ2n) is 4.15. The summed E-state index contributed by atoms with van der Waals surface area (Å²) in [7, 11) is 0. The van der Waals surface area contributed by atoms with Gasteiger partial charge >= 0.3 is 0 Å². The molecule has 0 saturated carbocycles. The molecule has 0 unspecified atom stereocenters. The van der Waals surface area contributed by atoms with E-state index in [9.17, 15) is 0 Å². The number of benzene rings is 1. The highest BCUT2D eigenvalue weighted by Crippen LogP contribution is 2.21. The number of hydrogen-bond acceptors (Lipinski definition) is 3. The van der Waals surface area contributed by atoms with E-state index in [1.807, 2.05) is 37.3 Å². The predicted octanol–water partition coefficient (Wildman–Crippen LogP) is 3.24. The van der Waals surface area contributed by atoms with E-state index in [0.717, 1.165) is 23.4 Å². The molecule has 0 saturated heterocycles. The Labute approximate surface area is 107 Å². The van der Waals surface area contributed by atoms with Gasteiger partial charge in [0, 0.05) is 11.8 Å². The highest BCUT2D eigenvalue weighted by Gasteiger charge is 2.03. The van der Waals surface area contributed by atoms with Crippen molar-refractivity contribution in [1.82, 2.24) is 4.98 Å². The zero-order valence-corrected chi connectivity index (χ0v) is 10.7. The van der Waals surface area contributed by atoms with Crippen LogP contribution in [0, 0.1) is 6.92 Å². The number of hydrogen-bond donors (Lipinski definition) is 1. The minimum Gasteiger partial charge on any atom is -0.439 e. The summed E-state index contributed by atoms with van der Waals surface area (Å²) in [4.78, 5) is 4.30. The van der Waals surface area contributed by atoms with Crippen molar-refractivity contribution < 1.29 is 9.84 Å². The standard InChI is InChI=1S/C15H17NO2/c1-3-12-4-7-14(8-5-12)18-15-9-6-13(10-17)11(2)16-15/h4-9,17H,3,10H2,1-2H3. The van der Waals surface area contributed by atoms with Crippen LogP contribution in [-0.4, -0.2) is 10.1 Å². The summed E-state index contributed by atoms with van der Waals surface area (Å²) in [5.74, 6) is 1.32. The lowest BCUT2D eigenvalue weighted by Crippen LogP contribution is -1.95. The number of aryl methyl sites for hydroxylation is 2. The lowest BCUT2D eigenvalue weighted by molar-refractivity contribution is 0.280. The Bertz CT molecular complexity index is 521. The molecule has 3 nitrogen and oxygen atoms in total. The lowest BCUT2D eigenvalue weighted by atomic mass is 10.2. The van der Waals surface area contributed by atoms with E-state index in [2.05, 4.69) is 11.9 Å². The second kappa shape index (κ2) is 5.65. The molecule has 3 heteroatoms. The summed E-state index contributed by atoms with van der Waals surface area (Å²) in [6.07, 6.45) is 1.02. The number of aliphatic hydroxyl groups is 1. The Balaban J connectivity index is 2.15. The van der Waals surface area contributed by atoms with Gasteiger partial charge in [-0.05, 0) is 42.7 Å². The van der Waals surface area contributed by atoms with Crippen LogP contribution in [0.1, 0.15) is 23.7 Å². The molecular formula is C15H17NO2. The maximum atomic E-state index is 9.08. The number of pyridine rings is 1. The van der Waals surface area contributed by atoms with Crippen molar-refractivity contribution in [1.29, 1.82) is 0 Å². The van der Waals surface area contributed by atoms with Gasteiger partial charge in [-0.3, -0.25) is 0 Å². The maximum absolute atomic E-state index is 9.08. The van der Waals surface area contributed by atoms with E-state index in [-0.39, 0.29) is 6.61 Å². The SMILES string of the molecule is CCc1ccc(Oc2ccc(CO)c(C)n2)cc1. The average Bonchev–Trinajstić information content (AvgIpc) is 2.40. The van der Waals surface area contributed by atoms with Gasteiger partial charge in [0.25, 0.3) is 0 Å². The van der Waals surface area contributed by atoms with Gasteiger partial charge in [0.1, 0.15) is 5.75 Å². The van der Waals surface area contributed by atoms with Gasteiger partial charge in [0.05, 0.1) is 6.61 Å². The first kappa shape index (κ1) is 12.6. The van der Waals surface area contributed by atoms with Crippen LogP contribution < -0.4 is 4.74 Å². The van der Waals surface area contributed by atoms with Crippen LogP contribution in [0.15, 0.2) is 36.4 Å². The largest absolute Gasteiger partial charge is 0.439 e. The minimum absolute atomic E-state index is 0.00428. The Hall–Kier alpha value is -1.87. The smallest absolute Gasteiger partial charge is 0.219 e. The lowest BCUT2D eigenvalue weighted by Gasteiger charge is -2.08. The fraction of sp³-hybridized carbons (Fsp3) is 0.267. The molecule has 18 heavy (non-hydrogen) atoms. The molecule has 0 amide bonds. The molecule has 0 bridgehead atoms. The number of rotatable bonds is 4. The van der Waals surface area contributed by atoms with Gasteiger partial charge in [0.2, 0.25) is 5.88 Å². The minimum atomic E-state index is 0.00428. The topological polar surface area (TPSA) is 42.4 Å². The third-order valence-electron chi connectivity index (χ3n) is 2.89. The number of aliphatic hydroxyl groups excluding tert-OH is 1. The van der Waals surface area contributed by atoms with Crippen LogP contribution in [0.5, 0.6) is 11.6 Å². The summed E-state index contributed by atoms with van der Waals surface area (Å²) in [6.45, 7) is 3.98. The van der Waals surface area contributed by atoms with Gasteiger partial charge < -0.3 is 9.84 Å². The molecule has 94 valence electrons. The van der Waals surface area contributed by atoms with Gasteiger partial charge in [-0.15, -0.1) is 0 Å². The molecule has 0 atom stereocenters. The fourth-order valence-corrected chi connectivity index (χ4v) is 1.70. The maximum Gasteiger partial charge on any atom is 0.219 e. The number of ether oxygens (including phenoxy) is 1. The molecule has 0 fully saturated rings. The Morgan fingerprint density at radius 3 is 2.39 bits per heavy atom. The highest BCUT2D eigenvalue weighted by atomic mass is 16.5. The van der Waals surface area contributed by atoms with Gasteiger partial charge in [-0.2, -0.15) is 0 Å². The van der Waals surface area contributed by atoms with E-state index < -0.39 is 0 Å². The van der Waals surface area contributed by atoms with Crippen molar-refractivity contribution in [2.45, 2.75) is 26.9 Å². The zero-order chi connectivity index (χ0) is 13.0. The number of nitrogens with zero attached hydrogens (tertiary/aromatic N) is 1. The molecule has 1 heterocycles. The Morgan fingerprint density at radius 1 is 1.11 bits per heavy atom. The molecule has 2 rings (SSSR count). The van der Waals surface area contributed by atoms with Crippen LogP contribution >= 0.6 is 0 Å². The van der Waals surface area contributed by atoms with E-state index in [4.69, 9.17) is 9.84 Å². The van der Waals surface area contributed by atoms with Gasteiger partial charge in [-0.1, -0.05) is 19.1 Å². The summed E-state index contributed by atoms with van der Waals surface area (Å²) in [5.41, 5.74) is 2.89. The molecule has 0 radical (unpaired) electrons. The van der Waals surface area contributed by atoms with Crippen LogP contribution in [0.25, 0.3) is 0 Å². The normalized spacial score (nSPS) is 10.4. The van der Waals surface area contributed by atoms with Crippen molar-refractivity contribution in [3.63, 3.8) is 0 Å². The first-order valence-electron chi connectivity index (χ1n) is 6.07. The van der Waals surface area contributed by atoms with Gasteiger partial charge in [0.15, 0.2) is 0 Å². The van der Waals surface area contributed by atoms with Crippen LogP contribution in [0.3, 0.4) is 0 Å². The molecular weight excluding hydrogens is 226 g/mol. The van der Waals surface area contributed by atoms with E-state index in [1.54, 1.807) is 6.07 Å². The second-order valence-corrected chi connectivity index (χ2v) is 4.15. The van der Waals surface area contributed by atoms with Crippen LogP contribution in [-0.2, 0) is 13.0 Å². The third kappa shape index (κ3) is 2.87. The predicted molar refractivity (Wildman–Crippen MR) is 70.8 cm³/mol. The van der Waals surface area contributed by atoms with Crippen molar-refractivity contribution in [3.05, 3.63) is 53.2 Å². The zero-order valence-electron chi connectivity index (χ0n) is 10.7. The molecule has 2 aromatic rings. The van der Waals surface area contributed by atoms with E-state index in [0.29, 0.717) is 5.88 Å². The molecule has 0 aliphatic carbocycles. The quantitative estimate of drug-likeness (QED) is 0.896. The summed E-state index contributed by atoms with van der Waals surface area (Å²) in [6, 6.07) is 11.6. The Kier molecular flexibility index (Phi) is 3.95. The number of aromatic nitrogens is 1. The van der Waals surface area contributed by atoms with Crippen molar-refractivity contribution in [2.24, 2.45) is 0 Å². The van der Waals surface area contributed by atoms with E-state index >= 15 is 0 Å². The molecule has 1 aromatic carbocycles. The van der Waals surface area contributed by atoms with Crippen molar-refractivity contribution >= 4 is 0 Å². The summed E-state index contributed by atoms with van der Waals surface area (Å²) >= 11 is 0. The van der Waals surface area contributed by atoms with Crippen LogP contribution in [0.4, 0.5) is 0 Å². The monoisotopic (exact) mass is 243 g/mol. The molecule has 0 spiro atoms.